The molecule has 2 fully saturated rings. The molecule has 0 spiro atoms. The van der Waals surface area contributed by atoms with Gasteiger partial charge in [0.05, 0.1) is 18.3 Å². The highest BCUT2D eigenvalue weighted by atomic mass is 16.3. The Morgan fingerprint density at radius 3 is 2.52 bits per heavy atom. The van der Waals surface area contributed by atoms with Gasteiger partial charge in [0.2, 0.25) is 5.91 Å². The number of carbonyl (C=O) groups excluding carboxylic acids is 2. The molecule has 1 N–H and O–H groups in total. The van der Waals surface area contributed by atoms with Crippen molar-refractivity contribution in [3.8, 4) is 0 Å². The van der Waals surface area contributed by atoms with Crippen molar-refractivity contribution in [1.82, 2.24) is 14.8 Å². The van der Waals surface area contributed by atoms with Crippen molar-refractivity contribution >= 4 is 22.9 Å². The summed E-state index contributed by atoms with van der Waals surface area (Å²) in [4.78, 5) is 29.6. The summed E-state index contributed by atoms with van der Waals surface area (Å²) in [7, 11) is 0. The van der Waals surface area contributed by atoms with Gasteiger partial charge in [0.1, 0.15) is 11.2 Å². The van der Waals surface area contributed by atoms with Gasteiger partial charge in [-0.25, -0.2) is 0 Å². The maximum atomic E-state index is 13.8. The Bertz CT molecular complexity index is 960. The lowest BCUT2D eigenvalue weighted by atomic mass is 9.86. The van der Waals surface area contributed by atoms with Crippen molar-refractivity contribution < 1.29 is 14.0 Å². The highest BCUT2D eigenvalue weighted by Crippen LogP contribution is 2.37. The minimum absolute atomic E-state index is 0.000597. The third-order valence-electron chi connectivity index (χ3n) is 7.99. The van der Waals surface area contributed by atoms with E-state index in [-0.39, 0.29) is 23.9 Å². The van der Waals surface area contributed by atoms with E-state index in [9.17, 15) is 9.59 Å². The summed E-state index contributed by atoms with van der Waals surface area (Å²) in [5.74, 6) is 0.708. The quantitative estimate of drug-likeness (QED) is 0.714. The lowest BCUT2D eigenvalue weighted by Gasteiger charge is -2.48. The van der Waals surface area contributed by atoms with Gasteiger partial charge in [-0.2, -0.15) is 0 Å². The van der Waals surface area contributed by atoms with Crippen molar-refractivity contribution in [3.05, 3.63) is 24.1 Å². The van der Waals surface area contributed by atoms with Crippen LogP contribution in [0.5, 0.6) is 0 Å². The lowest BCUT2D eigenvalue weighted by Crippen LogP contribution is -2.67. The predicted octanol–water partition coefficient (Wildman–Crippen LogP) is 4.87. The van der Waals surface area contributed by atoms with Crippen LogP contribution in [0.15, 0.2) is 22.8 Å². The molecule has 2 aromatic rings. The zero-order valence-electron chi connectivity index (χ0n) is 18.9. The van der Waals surface area contributed by atoms with E-state index in [1.165, 1.54) is 12.8 Å². The molecule has 3 heterocycles. The van der Waals surface area contributed by atoms with Crippen molar-refractivity contribution in [2.45, 2.75) is 102 Å². The summed E-state index contributed by atoms with van der Waals surface area (Å²) in [6, 6.07) is 4.08. The van der Waals surface area contributed by atoms with Gasteiger partial charge < -0.3 is 19.2 Å². The molecule has 0 unspecified atom stereocenters. The summed E-state index contributed by atoms with van der Waals surface area (Å²) in [5, 5.41) is 3.35. The van der Waals surface area contributed by atoms with E-state index in [0.717, 1.165) is 68.4 Å². The molecule has 5 rings (SSSR count). The minimum atomic E-state index is -0.897. The summed E-state index contributed by atoms with van der Waals surface area (Å²) in [5.41, 5.74) is 1.37. The third kappa shape index (κ3) is 3.58. The van der Waals surface area contributed by atoms with Crippen LogP contribution >= 0.6 is 0 Å². The molecule has 3 aliphatic rings. The Morgan fingerprint density at radius 2 is 1.81 bits per heavy atom. The number of rotatable bonds is 3. The van der Waals surface area contributed by atoms with E-state index < -0.39 is 5.54 Å². The fourth-order valence-electron chi connectivity index (χ4n) is 6.07. The average Bonchev–Trinajstić information content (AvgIpc) is 3.23. The number of fused-ring (bicyclic) bond motifs is 3. The number of amides is 2. The van der Waals surface area contributed by atoms with Crippen molar-refractivity contribution in [3.63, 3.8) is 0 Å². The van der Waals surface area contributed by atoms with Crippen LogP contribution in [-0.4, -0.2) is 38.9 Å². The first-order chi connectivity index (χ1) is 15.0. The number of hydrogen-bond acceptors (Lipinski definition) is 3. The van der Waals surface area contributed by atoms with Gasteiger partial charge in [-0.05, 0) is 51.4 Å². The summed E-state index contributed by atoms with van der Waals surface area (Å²) >= 11 is 0. The van der Waals surface area contributed by atoms with Crippen LogP contribution in [0.4, 0.5) is 0 Å². The molecule has 2 saturated carbocycles. The number of aromatic nitrogens is 1. The van der Waals surface area contributed by atoms with Gasteiger partial charge in [0.15, 0.2) is 5.58 Å². The zero-order chi connectivity index (χ0) is 21.6. The number of nitrogens with zero attached hydrogens (tertiary/aromatic N) is 2. The highest BCUT2D eigenvalue weighted by molar-refractivity contribution is 6.03. The fraction of sp³-hybridized carbons (Fsp3) is 0.680. The SMILES string of the molecule is CC1CCC(NC(=O)[C@@]2(C)Cn3c(cc4occc43)C(=O)N2C2CCCCCC2)CC1. The van der Waals surface area contributed by atoms with Crippen LogP contribution in [0.25, 0.3) is 11.1 Å². The first kappa shape index (κ1) is 20.7. The molecule has 1 aliphatic heterocycles. The second-order valence-corrected chi connectivity index (χ2v) is 10.3. The Hall–Kier alpha value is -2.24. The zero-order valence-corrected chi connectivity index (χ0v) is 18.9. The molecular formula is C25H35N3O3. The van der Waals surface area contributed by atoms with E-state index in [1.807, 2.05) is 28.5 Å². The largest absolute Gasteiger partial charge is 0.463 e. The van der Waals surface area contributed by atoms with Crippen LogP contribution in [0.2, 0.25) is 0 Å². The fourth-order valence-corrected chi connectivity index (χ4v) is 6.07. The number of hydrogen-bond donors (Lipinski definition) is 1. The van der Waals surface area contributed by atoms with E-state index >= 15 is 0 Å². The van der Waals surface area contributed by atoms with Crippen LogP contribution < -0.4 is 5.32 Å². The maximum Gasteiger partial charge on any atom is 0.271 e. The lowest BCUT2D eigenvalue weighted by molar-refractivity contribution is -0.135. The number of carbonyl (C=O) groups is 2. The monoisotopic (exact) mass is 425 g/mol. The van der Waals surface area contributed by atoms with Gasteiger partial charge >= 0.3 is 0 Å². The summed E-state index contributed by atoms with van der Waals surface area (Å²) < 4.78 is 7.58. The normalized spacial score (nSPS) is 30.3. The van der Waals surface area contributed by atoms with E-state index in [4.69, 9.17) is 4.42 Å². The van der Waals surface area contributed by atoms with Crippen LogP contribution in [0.3, 0.4) is 0 Å². The van der Waals surface area contributed by atoms with E-state index in [1.54, 1.807) is 6.26 Å². The minimum Gasteiger partial charge on any atom is -0.463 e. The average molecular weight is 426 g/mol. The maximum absolute atomic E-state index is 13.8. The Kier molecular flexibility index (Phi) is 5.35. The second-order valence-electron chi connectivity index (χ2n) is 10.3. The van der Waals surface area contributed by atoms with Gasteiger partial charge in [0.25, 0.3) is 5.91 Å². The molecule has 31 heavy (non-hydrogen) atoms. The van der Waals surface area contributed by atoms with Crippen LogP contribution in [-0.2, 0) is 11.3 Å². The molecular weight excluding hydrogens is 390 g/mol. The molecule has 0 aromatic carbocycles. The van der Waals surface area contributed by atoms with Crippen molar-refractivity contribution in [2.24, 2.45) is 5.92 Å². The molecule has 2 amide bonds. The van der Waals surface area contributed by atoms with Gasteiger partial charge in [0, 0.05) is 24.2 Å². The molecule has 2 aromatic heterocycles. The van der Waals surface area contributed by atoms with E-state index in [2.05, 4.69) is 12.2 Å². The molecule has 6 nitrogen and oxygen atoms in total. The topological polar surface area (TPSA) is 67.5 Å². The molecule has 2 aliphatic carbocycles. The standard InChI is InChI=1S/C25H35N3O3/c1-17-9-11-18(12-10-17)26-24(30)25(2)16-27-20-13-14-31-22(20)15-21(27)23(29)28(25)19-7-5-3-4-6-8-19/h13-15,17-19H,3-12,16H2,1-2H3,(H,26,30)/t17?,18?,25-/m1/s1. The van der Waals surface area contributed by atoms with Gasteiger partial charge in [-0.3, -0.25) is 9.59 Å². The third-order valence-corrected chi connectivity index (χ3v) is 7.99. The second kappa shape index (κ2) is 8.03. The molecule has 0 radical (unpaired) electrons. The predicted molar refractivity (Wildman–Crippen MR) is 120 cm³/mol. The van der Waals surface area contributed by atoms with Gasteiger partial charge in [-0.1, -0.05) is 32.6 Å². The van der Waals surface area contributed by atoms with E-state index in [0.29, 0.717) is 12.2 Å². The first-order valence-corrected chi connectivity index (χ1v) is 12.2. The van der Waals surface area contributed by atoms with Crippen molar-refractivity contribution in [1.29, 1.82) is 0 Å². The molecule has 0 saturated heterocycles. The molecule has 6 heteroatoms. The molecule has 1 atom stereocenters. The highest BCUT2D eigenvalue weighted by Gasteiger charge is 2.50. The van der Waals surface area contributed by atoms with Crippen LogP contribution in [0, 0.1) is 5.92 Å². The molecule has 168 valence electrons. The number of nitrogens with one attached hydrogen (secondary N) is 1. The smallest absolute Gasteiger partial charge is 0.271 e. The van der Waals surface area contributed by atoms with Crippen LogP contribution in [0.1, 0.15) is 88.5 Å². The first-order valence-electron chi connectivity index (χ1n) is 12.2. The summed E-state index contributed by atoms with van der Waals surface area (Å²) in [6.45, 7) is 4.74. The number of furan rings is 1. The molecule has 0 bridgehead atoms. The Labute approximate surface area is 184 Å². The van der Waals surface area contributed by atoms with Gasteiger partial charge in [-0.15, -0.1) is 0 Å². The van der Waals surface area contributed by atoms with Crippen molar-refractivity contribution in [2.75, 3.05) is 0 Å². The Balaban J connectivity index is 1.50. The summed E-state index contributed by atoms with van der Waals surface area (Å²) in [6.07, 6.45) is 12.7. The Morgan fingerprint density at radius 1 is 1.10 bits per heavy atom.